The molecule has 1 heterocycles. The lowest BCUT2D eigenvalue weighted by Gasteiger charge is -2.10. The summed E-state index contributed by atoms with van der Waals surface area (Å²) in [5, 5.41) is 3.30. The van der Waals surface area contributed by atoms with Crippen LogP contribution in [-0.2, 0) is 22.5 Å². The molecule has 0 spiro atoms. The molecule has 8 heteroatoms. The van der Waals surface area contributed by atoms with Crippen molar-refractivity contribution in [1.29, 1.82) is 0 Å². The number of carbonyl (C=O) groups is 1. The molecule has 0 bridgehead atoms. The monoisotopic (exact) mass is 411 g/mol. The third kappa shape index (κ3) is 4.96. The molecule has 0 radical (unpaired) electrons. The van der Waals surface area contributed by atoms with Crippen molar-refractivity contribution in [2.45, 2.75) is 19.4 Å². The van der Waals surface area contributed by atoms with Gasteiger partial charge in [-0.25, -0.2) is 4.98 Å². The summed E-state index contributed by atoms with van der Waals surface area (Å²) in [7, 11) is 4.73. The normalized spacial score (nSPS) is 10.8. The Morgan fingerprint density at radius 1 is 1.07 bits per heavy atom. The standard InChI is InChI=1S/C22H25N3O5/c1-28-11-10-25-14-23-18-7-6-16(13-17(18)22(25)27)24-21(26)9-5-15-4-8-19(29-2)20(12-15)30-3/h4,6-8,12-14H,5,9-11H2,1-3H3,(H,24,26). The molecule has 1 N–H and O–H groups in total. The predicted octanol–water partition coefficient (Wildman–Crippen LogP) is 2.63. The average Bonchev–Trinajstić information content (AvgIpc) is 2.77. The Hall–Kier alpha value is -3.39. The molecular formula is C22H25N3O5. The predicted molar refractivity (Wildman–Crippen MR) is 114 cm³/mol. The lowest BCUT2D eigenvalue weighted by molar-refractivity contribution is -0.116. The number of carbonyl (C=O) groups excluding carboxylic acids is 1. The molecule has 30 heavy (non-hydrogen) atoms. The Morgan fingerprint density at radius 2 is 1.87 bits per heavy atom. The Morgan fingerprint density at radius 3 is 2.60 bits per heavy atom. The molecule has 158 valence electrons. The second-order valence-electron chi connectivity index (χ2n) is 6.71. The number of anilines is 1. The van der Waals surface area contributed by atoms with Crippen molar-refractivity contribution in [2.24, 2.45) is 0 Å². The molecule has 3 rings (SSSR count). The first-order chi connectivity index (χ1) is 14.5. The number of methoxy groups -OCH3 is 3. The summed E-state index contributed by atoms with van der Waals surface area (Å²) in [6, 6.07) is 10.7. The Bertz CT molecular complexity index is 1090. The van der Waals surface area contributed by atoms with Gasteiger partial charge in [0.25, 0.3) is 5.56 Å². The van der Waals surface area contributed by atoms with Gasteiger partial charge in [-0.3, -0.25) is 14.2 Å². The maximum atomic E-state index is 12.6. The third-order valence-electron chi connectivity index (χ3n) is 4.73. The summed E-state index contributed by atoms with van der Waals surface area (Å²) in [4.78, 5) is 29.3. The zero-order valence-electron chi connectivity index (χ0n) is 17.3. The van der Waals surface area contributed by atoms with Gasteiger partial charge in [0, 0.05) is 19.2 Å². The van der Waals surface area contributed by atoms with E-state index in [1.54, 1.807) is 39.5 Å². The zero-order valence-corrected chi connectivity index (χ0v) is 17.3. The van der Waals surface area contributed by atoms with Gasteiger partial charge in [0.05, 0.1) is 44.6 Å². The fourth-order valence-electron chi connectivity index (χ4n) is 3.10. The number of fused-ring (bicyclic) bond motifs is 1. The molecule has 0 fully saturated rings. The second-order valence-corrected chi connectivity index (χ2v) is 6.71. The smallest absolute Gasteiger partial charge is 0.261 e. The van der Waals surface area contributed by atoms with Crippen LogP contribution in [-0.4, -0.2) is 43.4 Å². The minimum atomic E-state index is -0.168. The number of benzene rings is 2. The summed E-state index contributed by atoms with van der Waals surface area (Å²) in [5.41, 5.74) is 1.94. The van der Waals surface area contributed by atoms with E-state index in [1.165, 1.54) is 10.9 Å². The van der Waals surface area contributed by atoms with Gasteiger partial charge in [-0.1, -0.05) is 6.07 Å². The maximum absolute atomic E-state index is 12.6. The van der Waals surface area contributed by atoms with Gasteiger partial charge >= 0.3 is 0 Å². The van der Waals surface area contributed by atoms with Crippen molar-refractivity contribution in [2.75, 3.05) is 33.3 Å². The van der Waals surface area contributed by atoms with Gasteiger partial charge in [-0.05, 0) is 42.3 Å². The highest BCUT2D eigenvalue weighted by Gasteiger charge is 2.09. The van der Waals surface area contributed by atoms with Crippen LogP contribution in [0.2, 0.25) is 0 Å². The van der Waals surface area contributed by atoms with Gasteiger partial charge < -0.3 is 19.5 Å². The van der Waals surface area contributed by atoms with Crippen LogP contribution in [0.1, 0.15) is 12.0 Å². The van der Waals surface area contributed by atoms with Crippen LogP contribution in [0.4, 0.5) is 5.69 Å². The first-order valence-electron chi connectivity index (χ1n) is 9.54. The molecule has 0 saturated heterocycles. The minimum absolute atomic E-state index is 0.146. The number of hydrogen-bond acceptors (Lipinski definition) is 6. The fourth-order valence-corrected chi connectivity index (χ4v) is 3.10. The molecule has 1 aromatic heterocycles. The molecule has 0 aliphatic heterocycles. The van der Waals surface area contributed by atoms with E-state index in [0.29, 0.717) is 54.1 Å². The van der Waals surface area contributed by atoms with E-state index < -0.39 is 0 Å². The fraction of sp³-hybridized carbons (Fsp3) is 0.318. The topological polar surface area (TPSA) is 91.7 Å². The molecule has 2 aromatic carbocycles. The molecule has 1 amide bonds. The van der Waals surface area contributed by atoms with Gasteiger partial charge in [-0.15, -0.1) is 0 Å². The zero-order chi connectivity index (χ0) is 21.5. The number of nitrogens with one attached hydrogen (secondary N) is 1. The summed E-state index contributed by atoms with van der Waals surface area (Å²) in [6.07, 6.45) is 2.34. The van der Waals surface area contributed by atoms with Crippen LogP contribution in [0.3, 0.4) is 0 Å². The molecule has 0 aliphatic rings. The number of amides is 1. The van der Waals surface area contributed by atoms with Gasteiger partial charge in [0.2, 0.25) is 5.91 Å². The molecular weight excluding hydrogens is 386 g/mol. The molecule has 0 saturated carbocycles. The first-order valence-corrected chi connectivity index (χ1v) is 9.54. The van der Waals surface area contributed by atoms with E-state index >= 15 is 0 Å². The van der Waals surface area contributed by atoms with E-state index in [4.69, 9.17) is 14.2 Å². The summed E-state index contributed by atoms with van der Waals surface area (Å²) in [5.74, 6) is 1.13. The van der Waals surface area contributed by atoms with Crippen molar-refractivity contribution >= 4 is 22.5 Å². The van der Waals surface area contributed by atoms with Crippen LogP contribution in [0, 0.1) is 0 Å². The highest BCUT2D eigenvalue weighted by molar-refractivity contribution is 5.93. The number of nitrogens with zero attached hydrogens (tertiary/aromatic N) is 2. The Kier molecular flexibility index (Phi) is 7.03. The summed E-state index contributed by atoms with van der Waals surface area (Å²) >= 11 is 0. The molecule has 0 atom stereocenters. The first kappa shape index (κ1) is 21.3. The number of ether oxygens (including phenoxy) is 3. The van der Waals surface area contributed by atoms with E-state index in [-0.39, 0.29) is 11.5 Å². The Balaban J connectivity index is 1.69. The maximum Gasteiger partial charge on any atom is 0.261 e. The van der Waals surface area contributed by atoms with Crippen molar-refractivity contribution in [3.8, 4) is 11.5 Å². The molecule has 0 unspecified atom stereocenters. The lowest BCUT2D eigenvalue weighted by atomic mass is 10.1. The van der Waals surface area contributed by atoms with Crippen molar-refractivity contribution in [3.63, 3.8) is 0 Å². The lowest BCUT2D eigenvalue weighted by Crippen LogP contribution is -2.22. The van der Waals surface area contributed by atoms with E-state index in [1.807, 2.05) is 18.2 Å². The SMILES string of the molecule is COCCn1cnc2ccc(NC(=O)CCc3ccc(OC)c(OC)c3)cc2c1=O. The van der Waals surface area contributed by atoms with E-state index in [2.05, 4.69) is 10.3 Å². The van der Waals surface area contributed by atoms with E-state index in [9.17, 15) is 9.59 Å². The van der Waals surface area contributed by atoms with Crippen molar-refractivity contribution in [3.05, 3.63) is 58.6 Å². The second kappa shape index (κ2) is 9.89. The van der Waals surface area contributed by atoms with Gasteiger partial charge in [-0.2, -0.15) is 0 Å². The molecule has 3 aromatic rings. The van der Waals surface area contributed by atoms with Crippen LogP contribution < -0.4 is 20.3 Å². The highest BCUT2D eigenvalue weighted by atomic mass is 16.5. The highest BCUT2D eigenvalue weighted by Crippen LogP contribution is 2.28. The van der Waals surface area contributed by atoms with Crippen LogP contribution in [0.25, 0.3) is 10.9 Å². The summed E-state index contributed by atoms with van der Waals surface area (Å²) in [6.45, 7) is 0.833. The average molecular weight is 411 g/mol. The van der Waals surface area contributed by atoms with Gasteiger partial charge in [0.15, 0.2) is 11.5 Å². The molecule has 0 aliphatic carbocycles. The van der Waals surface area contributed by atoms with Crippen molar-refractivity contribution < 1.29 is 19.0 Å². The third-order valence-corrected chi connectivity index (χ3v) is 4.73. The van der Waals surface area contributed by atoms with Gasteiger partial charge in [0.1, 0.15) is 0 Å². The Labute approximate surface area is 174 Å². The van der Waals surface area contributed by atoms with Crippen LogP contribution in [0.15, 0.2) is 47.5 Å². The number of hydrogen-bond donors (Lipinski definition) is 1. The number of rotatable bonds is 9. The minimum Gasteiger partial charge on any atom is -0.493 e. The van der Waals surface area contributed by atoms with Crippen molar-refractivity contribution in [1.82, 2.24) is 9.55 Å². The molecule has 8 nitrogen and oxygen atoms in total. The number of aryl methyl sites for hydroxylation is 1. The number of aromatic nitrogens is 2. The van der Waals surface area contributed by atoms with E-state index in [0.717, 1.165) is 5.56 Å². The van der Waals surface area contributed by atoms with Crippen LogP contribution in [0.5, 0.6) is 11.5 Å². The largest absolute Gasteiger partial charge is 0.493 e. The van der Waals surface area contributed by atoms with Crippen LogP contribution >= 0.6 is 0 Å². The summed E-state index contributed by atoms with van der Waals surface area (Å²) < 4.78 is 17.0. The quantitative estimate of drug-likeness (QED) is 0.582.